The molecule has 2 amide bonds. The van der Waals surface area contributed by atoms with Crippen LogP contribution >= 0.6 is 0 Å². The summed E-state index contributed by atoms with van der Waals surface area (Å²) in [5.74, 6) is -0.127. The molecule has 3 aromatic rings. The van der Waals surface area contributed by atoms with E-state index in [2.05, 4.69) is 17.4 Å². The molecule has 1 aliphatic heterocycles. The van der Waals surface area contributed by atoms with Gasteiger partial charge >= 0.3 is 0 Å². The lowest BCUT2D eigenvalue weighted by molar-refractivity contribution is -0.133. The summed E-state index contributed by atoms with van der Waals surface area (Å²) in [6, 6.07) is 24.3. The van der Waals surface area contributed by atoms with Gasteiger partial charge in [-0.15, -0.1) is 0 Å². The van der Waals surface area contributed by atoms with Crippen LogP contribution in [0.4, 0.5) is 0 Å². The molecule has 33 heavy (non-hydrogen) atoms. The molecule has 1 N–H and O–H groups in total. The second kappa shape index (κ2) is 8.89. The van der Waals surface area contributed by atoms with Crippen LogP contribution in [0.2, 0.25) is 0 Å². The van der Waals surface area contributed by atoms with E-state index in [-0.39, 0.29) is 17.9 Å². The highest BCUT2D eigenvalue weighted by Crippen LogP contribution is 2.33. The second-order valence-corrected chi connectivity index (χ2v) is 9.48. The Morgan fingerprint density at radius 1 is 0.939 bits per heavy atom. The molecule has 5 nitrogen and oxygen atoms in total. The molecule has 0 radical (unpaired) electrons. The van der Waals surface area contributed by atoms with E-state index in [0.717, 1.165) is 42.5 Å². The minimum Gasteiger partial charge on any atom is -0.351 e. The molecule has 5 heteroatoms. The van der Waals surface area contributed by atoms with Crippen molar-refractivity contribution in [3.05, 3.63) is 84.1 Å². The topological polar surface area (TPSA) is 54.3 Å². The van der Waals surface area contributed by atoms with Gasteiger partial charge in [-0.05, 0) is 49.4 Å². The highest BCUT2D eigenvalue weighted by Gasteiger charge is 2.48. The summed E-state index contributed by atoms with van der Waals surface area (Å²) < 4.78 is 2.03. The van der Waals surface area contributed by atoms with Crippen molar-refractivity contribution in [2.24, 2.45) is 0 Å². The van der Waals surface area contributed by atoms with Crippen molar-refractivity contribution in [2.75, 3.05) is 6.54 Å². The number of aromatic nitrogens is 1. The molecule has 170 valence electrons. The predicted octanol–water partition coefficient (Wildman–Crippen LogP) is 4.67. The number of carbonyl (C=O) groups excluding carboxylic acids is 2. The fourth-order valence-corrected chi connectivity index (χ4v) is 5.28. The molecule has 0 bridgehead atoms. The lowest BCUT2D eigenvalue weighted by atomic mass is 9.93. The van der Waals surface area contributed by atoms with E-state index < -0.39 is 5.54 Å². The summed E-state index contributed by atoms with van der Waals surface area (Å²) in [6.45, 7) is 2.87. The van der Waals surface area contributed by atoms with Crippen LogP contribution in [0.15, 0.2) is 72.8 Å². The number of hydrogen-bond acceptors (Lipinski definition) is 2. The third kappa shape index (κ3) is 4.08. The molecule has 2 heterocycles. The second-order valence-electron chi connectivity index (χ2n) is 9.48. The summed E-state index contributed by atoms with van der Waals surface area (Å²) in [7, 11) is 0. The smallest absolute Gasteiger partial charge is 0.271 e. The van der Waals surface area contributed by atoms with E-state index in [1.54, 1.807) is 4.90 Å². The highest BCUT2D eigenvalue weighted by molar-refractivity contribution is 6.00. The summed E-state index contributed by atoms with van der Waals surface area (Å²) in [4.78, 5) is 29.3. The van der Waals surface area contributed by atoms with Crippen molar-refractivity contribution in [3.8, 4) is 11.3 Å². The first kappa shape index (κ1) is 21.5. The number of rotatable bonds is 6. The van der Waals surface area contributed by atoms with E-state index in [1.807, 2.05) is 72.2 Å². The van der Waals surface area contributed by atoms with Crippen molar-refractivity contribution in [1.29, 1.82) is 0 Å². The Hall–Kier alpha value is -3.34. The number of carbonyl (C=O) groups is 2. The maximum atomic E-state index is 13.8. The van der Waals surface area contributed by atoms with E-state index in [9.17, 15) is 9.59 Å². The molecule has 1 atom stereocenters. The van der Waals surface area contributed by atoms with Crippen LogP contribution in [0.3, 0.4) is 0 Å². The fraction of sp³-hybridized carbons (Fsp3) is 0.357. The summed E-state index contributed by atoms with van der Waals surface area (Å²) >= 11 is 0. The van der Waals surface area contributed by atoms with Gasteiger partial charge in [-0.25, -0.2) is 0 Å². The van der Waals surface area contributed by atoms with Crippen molar-refractivity contribution < 1.29 is 9.59 Å². The third-order valence-electron chi connectivity index (χ3n) is 7.22. The van der Waals surface area contributed by atoms with Crippen LogP contribution in [-0.2, 0) is 17.8 Å². The number of nitrogens with one attached hydrogen (secondary N) is 1. The summed E-state index contributed by atoms with van der Waals surface area (Å²) in [6.07, 6.45) is 5.05. The Labute approximate surface area is 195 Å². The molecule has 1 saturated carbocycles. The Balaban J connectivity index is 1.50. The number of hydrogen-bond donors (Lipinski definition) is 1. The lowest BCUT2D eigenvalue weighted by Crippen LogP contribution is -2.65. The molecule has 5 rings (SSSR count). The Bertz CT molecular complexity index is 1130. The third-order valence-corrected chi connectivity index (χ3v) is 7.22. The molecular formula is C28H31N3O2. The van der Waals surface area contributed by atoms with Gasteiger partial charge in [-0.2, -0.15) is 0 Å². The van der Waals surface area contributed by atoms with E-state index in [0.29, 0.717) is 25.2 Å². The average Bonchev–Trinajstić information content (AvgIpc) is 3.50. The Kier molecular flexibility index (Phi) is 5.79. The first-order valence-electron chi connectivity index (χ1n) is 12.0. The summed E-state index contributed by atoms with van der Waals surface area (Å²) in [5, 5.41) is 3.27. The first-order valence-corrected chi connectivity index (χ1v) is 12.0. The van der Waals surface area contributed by atoms with Crippen LogP contribution in [0.25, 0.3) is 11.3 Å². The van der Waals surface area contributed by atoms with Gasteiger partial charge in [-0.3, -0.25) is 9.59 Å². The van der Waals surface area contributed by atoms with Gasteiger partial charge in [0.1, 0.15) is 11.2 Å². The molecule has 2 aliphatic rings. The lowest BCUT2D eigenvalue weighted by Gasteiger charge is -2.45. The SMILES string of the molecule is C[C@@]1(C(=O)NC2CCCC2)Cn2c(ccc2-c2ccccc2)C(=O)N1CCc1ccccc1. The van der Waals surface area contributed by atoms with E-state index in [1.165, 1.54) is 0 Å². The maximum absolute atomic E-state index is 13.8. The highest BCUT2D eigenvalue weighted by atomic mass is 16.2. The standard InChI is InChI=1S/C28H31N3O2/c1-28(27(33)29-23-14-8-9-15-23)20-30-24(22-12-6-3-7-13-22)16-17-25(30)26(32)31(28)19-18-21-10-4-2-5-11-21/h2-7,10-13,16-17,23H,8-9,14-15,18-20H2,1H3,(H,29,33)/t28-/m0/s1. The van der Waals surface area contributed by atoms with Gasteiger partial charge in [0.05, 0.1) is 6.54 Å². The van der Waals surface area contributed by atoms with Gasteiger partial charge in [0.15, 0.2) is 0 Å². The van der Waals surface area contributed by atoms with Gasteiger partial charge in [-0.1, -0.05) is 73.5 Å². The first-order chi connectivity index (χ1) is 16.1. The quantitative estimate of drug-likeness (QED) is 0.604. The molecular weight excluding hydrogens is 410 g/mol. The zero-order chi connectivity index (χ0) is 22.8. The fourth-order valence-electron chi connectivity index (χ4n) is 5.28. The van der Waals surface area contributed by atoms with Crippen LogP contribution in [0.1, 0.15) is 48.7 Å². The predicted molar refractivity (Wildman–Crippen MR) is 130 cm³/mol. The Morgan fingerprint density at radius 2 is 1.58 bits per heavy atom. The molecule has 1 fully saturated rings. The number of nitrogens with zero attached hydrogens (tertiary/aromatic N) is 2. The van der Waals surface area contributed by atoms with Gasteiger partial charge in [0, 0.05) is 18.3 Å². The van der Waals surface area contributed by atoms with Crippen LogP contribution in [0.5, 0.6) is 0 Å². The normalized spacial score (nSPS) is 20.6. The number of benzene rings is 2. The molecule has 0 unspecified atom stereocenters. The Morgan fingerprint density at radius 3 is 2.27 bits per heavy atom. The zero-order valence-corrected chi connectivity index (χ0v) is 19.2. The van der Waals surface area contributed by atoms with E-state index in [4.69, 9.17) is 0 Å². The van der Waals surface area contributed by atoms with Crippen LogP contribution in [0, 0.1) is 0 Å². The zero-order valence-electron chi connectivity index (χ0n) is 19.2. The largest absolute Gasteiger partial charge is 0.351 e. The minimum atomic E-state index is -0.954. The number of amides is 2. The molecule has 1 aliphatic carbocycles. The molecule has 2 aromatic carbocycles. The van der Waals surface area contributed by atoms with Gasteiger partial charge in [0.25, 0.3) is 5.91 Å². The number of fused-ring (bicyclic) bond motifs is 1. The van der Waals surface area contributed by atoms with Crippen molar-refractivity contribution in [3.63, 3.8) is 0 Å². The van der Waals surface area contributed by atoms with Crippen molar-refractivity contribution >= 4 is 11.8 Å². The van der Waals surface area contributed by atoms with Crippen molar-refractivity contribution in [2.45, 2.75) is 57.2 Å². The summed E-state index contributed by atoms with van der Waals surface area (Å²) in [5.41, 5.74) is 2.88. The van der Waals surface area contributed by atoms with Crippen LogP contribution in [-0.4, -0.2) is 39.4 Å². The van der Waals surface area contributed by atoms with E-state index >= 15 is 0 Å². The van der Waals surface area contributed by atoms with Gasteiger partial charge < -0.3 is 14.8 Å². The molecule has 0 spiro atoms. The molecule has 0 saturated heterocycles. The monoisotopic (exact) mass is 441 g/mol. The average molecular weight is 442 g/mol. The maximum Gasteiger partial charge on any atom is 0.271 e. The minimum absolute atomic E-state index is 0.0471. The van der Waals surface area contributed by atoms with Crippen LogP contribution < -0.4 is 5.32 Å². The molecule has 1 aromatic heterocycles. The van der Waals surface area contributed by atoms with Gasteiger partial charge in [0.2, 0.25) is 5.91 Å². The van der Waals surface area contributed by atoms with Crippen molar-refractivity contribution in [1.82, 2.24) is 14.8 Å².